The van der Waals surface area contributed by atoms with E-state index in [9.17, 15) is 13.2 Å². The molecule has 0 atom stereocenters. The molecule has 0 bridgehead atoms. The monoisotopic (exact) mass is 545 g/mol. The Bertz CT molecular complexity index is 1310. The lowest BCUT2D eigenvalue weighted by atomic mass is 9.83. The molecular weight excluding hydrogens is 511 g/mol. The van der Waals surface area contributed by atoms with Crippen LogP contribution in [0.2, 0.25) is 0 Å². The number of imidazole rings is 1. The third-order valence-electron chi connectivity index (χ3n) is 6.86. The van der Waals surface area contributed by atoms with Crippen LogP contribution in [-0.2, 0) is 16.9 Å². The van der Waals surface area contributed by atoms with E-state index in [1.165, 1.54) is 11.3 Å². The lowest BCUT2D eigenvalue weighted by molar-refractivity contribution is -0.192. The molecule has 39 heavy (non-hydrogen) atoms. The van der Waals surface area contributed by atoms with Crippen molar-refractivity contribution in [3.8, 4) is 17.0 Å². The highest BCUT2D eigenvalue weighted by Gasteiger charge is 2.47. The number of benzene rings is 1. The van der Waals surface area contributed by atoms with Crippen LogP contribution < -0.4 is 9.64 Å². The van der Waals surface area contributed by atoms with Crippen molar-refractivity contribution in [2.24, 2.45) is 5.92 Å². The molecule has 2 aliphatic heterocycles. The molecule has 0 aliphatic carbocycles. The minimum absolute atomic E-state index is 0.353. The van der Waals surface area contributed by atoms with E-state index in [0.29, 0.717) is 11.8 Å². The second-order valence-corrected chi connectivity index (χ2v) is 10.7. The molecule has 2 aliphatic rings. The van der Waals surface area contributed by atoms with Gasteiger partial charge in [-0.05, 0) is 37.1 Å². The number of ether oxygens (including phenoxy) is 1. The fourth-order valence-corrected chi connectivity index (χ4v) is 5.06. The number of hydrogen-bond donors (Lipinski definition) is 1. The summed E-state index contributed by atoms with van der Waals surface area (Å²) < 4.78 is 41.0. The minimum Gasteiger partial charge on any atom is -0.480 e. The minimum atomic E-state index is -5.08. The van der Waals surface area contributed by atoms with Crippen molar-refractivity contribution in [3.05, 3.63) is 53.6 Å². The Morgan fingerprint density at radius 2 is 1.72 bits per heavy atom. The number of carboxylic acid groups (broad SMARTS) is 1. The van der Waals surface area contributed by atoms with Crippen LogP contribution in [0, 0.1) is 12.8 Å². The van der Waals surface area contributed by atoms with Gasteiger partial charge < -0.3 is 19.3 Å². The smallest absolute Gasteiger partial charge is 0.480 e. The predicted octanol–water partition coefficient (Wildman–Crippen LogP) is 5.95. The van der Waals surface area contributed by atoms with Crippen molar-refractivity contribution >= 4 is 11.8 Å². The first kappa shape index (κ1) is 28.4. The van der Waals surface area contributed by atoms with Crippen molar-refractivity contribution in [2.45, 2.75) is 71.7 Å². The second kappa shape index (κ2) is 10.9. The van der Waals surface area contributed by atoms with E-state index in [0.717, 1.165) is 61.3 Å². The molecule has 11 heteroatoms. The van der Waals surface area contributed by atoms with Crippen LogP contribution in [-0.4, -0.2) is 50.1 Å². The Balaban J connectivity index is 0.000000448. The Hall–Kier alpha value is -3.63. The third-order valence-corrected chi connectivity index (χ3v) is 6.86. The second-order valence-electron chi connectivity index (χ2n) is 10.7. The van der Waals surface area contributed by atoms with Crippen LogP contribution in [0.3, 0.4) is 0 Å². The maximum atomic E-state index is 10.6. The molecule has 0 saturated carbocycles. The third kappa shape index (κ3) is 5.86. The summed E-state index contributed by atoms with van der Waals surface area (Å²) in [5, 5.41) is 15.8. The largest absolute Gasteiger partial charge is 0.490 e. The number of rotatable bonds is 4. The van der Waals surface area contributed by atoms with Gasteiger partial charge in [0.2, 0.25) is 0 Å². The zero-order valence-electron chi connectivity index (χ0n) is 22.8. The van der Waals surface area contributed by atoms with Gasteiger partial charge in [0.05, 0.1) is 11.4 Å². The van der Waals surface area contributed by atoms with Crippen LogP contribution in [0.15, 0.2) is 36.4 Å². The fourth-order valence-electron chi connectivity index (χ4n) is 5.06. The van der Waals surface area contributed by atoms with Gasteiger partial charge in [-0.3, -0.25) is 0 Å². The molecule has 4 heterocycles. The van der Waals surface area contributed by atoms with E-state index in [2.05, 4.69) is 77.7 Å². The van der Waals surface area contributed by atoms with Crippen LogP contribution in [0.1, 0.15) is 63.7 Å². The fraction of sp³-hybridized carbons (Fsp3) is 0.500. The number of halogens is 3. The van der Waals surface area contributed by atoms with Crippen LogP contribution in [0.25, 0.3) is 11.3 Å². The number of fused-ring (bicyclic) bond motifs is 4. The molecule has 1 N–H and O–H groups in total. The molecule has 1 spiro atoms. The maximum absolute atomic E-state index is 10.6. The first-order valence-electron chi connectivity index (χ1n) is 13.1. The van der Waals surface area contributed by atoms with Crippen LogP contribution in [0.5, 0.6) is 5.75 Å². The van der Waals surface area contributed by atoms with Gasteiger partial charge >= 0.3 is 12.1 Å². The zero-order valence-corrected chi connectivity index (χ0v) is 22.8. The van der Waals surface area contributed by atoms with E-state index in [4.69, 9.17) is 19.6 Å². The number of piperidine rings is 1. The van der Waals surface area contributed by atoms with Gasteiger partial charge in [0.1, 0.15) is 17.3 Å². The Labute approximate surface area is 225 Å². The molecule has 2 aromatic heterocycles. The van der Waals surface area contributed by atoms with Gasteiger partial charge in [0.15, 0.2) is 11.4 Å². The molecule has 0 unspecified atom stereocenters. The molecule has 210 valence electrons. The van der Waals surface area contributed by atoms with E-state index >= 15 is 0 Å². The number of alkyl halides is 3. The molecule has 3 aromatic rings. The van der Waals surface area contributed by atoms with Crippen LogP contribution >= 0.6 is 0 Å². The number of nitrogens with zero attached hydrogens (tertiary/aromatic N) is 5. The highest BCUT2D eigenvalue weighted by atomic mass is 19.4. The number of hydrogen-bond acceptors (Lipinski definition) is 6. The summed E-state index contributed by atoms with van der Waals surface area (Å²) in [6.07, 6.45) is -3.33. The summed E-state index contributed by atoms with van der Waals surface area (Å²) in [6, 6.07) is 12.6. The Morgan fingerprint density at radius 1 is 1.08 bits per heavy atom. The first-order valence-corrected chi connectivity index (χ1v) is 13.1. The quantitative estimate of drug-likeness (QED) is 0.433. The molecule has 8 nitrogen and oxygen atoms in total. The number of para-hydroxylation sites is 1. The summed E-state index contributed by atoms with van der Waals surface area (Å²) in [7, 11) is 0. The van der Waals surface area contributed by atoms with Crippen molar-refractivity contribution in [1.82, 2.24) is 19.7 Å². The number of aliphatic carboxylic acids is 1. The Morgan fingerprint density at radius 3 is 2.26 bits per heavy atom. The number of carboxylic acids is 1. The van der Waals surface area contributed by atoms with Crippen molar-refractivity contribution < 1.29 is 27.8 Å². The normalized spacial score (nSPS) is 15.9. The maximum Gasteiger partial charge on any atom is 0.490 e. The van der Waals surface area contributed by atoms with Gasteiger partial charge in [0.25, 0.3) is 0 Å². The number of carbonyl (C=O) groups is 1. The van der Waals surface area contributed by atoms with Gasteiger partial charge in [-0.1, -0.05) is 39.8 Å². The summed E-state index contributed by atoms with van der Waals surface area (Å²) in [5.74, 6) is 1.21. The lowest BCUT2D eigenvalue weighted by Gasteiger charge is -2.44. The van der Waals surface area contributed by atoms with E-state index in [1.54, 1.807) is 0 Å². The molecule has 1 aromatic carbocycles. The van der Waals surface area contributed by atoms with Crippen LogP contribution in [0.4, 0.5) is 19.0 Å². The average Bonchev–Trinajstić information content (AvgIpc) is 3.25. The topological polar surface area (TPSA) is 93.4 Å². The SMILES string of the molecule is Cc1ccc(N2CCC3(CC2)Oc2ccccc2-c2c3nc(C(C)C)n2CC(C)C)nn1.O=C(O)C(F)(F)F. The number of aromatic nitrogens is 4. The summed E-state index contributed by atoms with van der Waals surface area (Å²) in [5.41, 5.74) is 4.09. The van der Waals surface area contributed by atoms with E-state index in [-0.39, 0.29) is 0 Å². The molecular formula is C28H34F3N5O3. The number of anilines is 1. The Kier molecular flexibility index (Phi) is 7.90. The number of aryl methyl sites for hydroxylation is 1. The average molecular weight is 546 g/mol. The van der Waals surface area contributed by atoms with E-state index < -0.39 is 17.7 Å². The summed E-state index contributed by atoms with van der Waals surface area (Å²) in [4.78, 5) is 16.5. The van der Waals surface area contributed by atoms with Gasteiger partial charge in [0, 0.05) is 44.0 Å². The molecule has 1 saturated heterocycles. The van der Waals surface area contributed by atoms with Crippen molar-refractivity contribution in [1.29, 1.82) is 0 Å². The van der Waals surface area contributed by atoms with Gasteiger partial charge in [-0.15, -0.1) is 5.10 Å². The first-order chi connectivity index (χ1) is 18.3. The zero-order chi connectivity index (χ0) is 28.5. The molecule has 0 radical (unpaired) electrons. The predicted molar refractivity (Wildman–Crippen MR) is 141 cm³/mol. The summed E-state index contributed by atoms with van der Waals surface area (Å²) >= 11 is 0. The lowest BCUT2D eigenvalue weighted by Crippen LogP contribution is -2.48. The highest BCUT2D eigenvalue weighted by Crippen LogP contribution is 2.50. The highest BCUT2D eigenvalue weighted by molar-refractivity contribution is 5.74. The summed E-state index contributed by atoms with van der Waals surface area (Å²) in [6.45, 7) is 13.7. The van der Waals surface area contributed by atoms with Crippen molar-refractivity contribution in [3.63, 3.8) is 0 Å². The van der Waals surface area contributed by atoms with Gasteiger partial charge in [-0.2, -0.15) is 18.3 Å². The standard InChI is InChI=1S/C26H33N5O.C2HF3O2/c1-17(2)16-31-23-20-8-6-7-9-21(20)32-26(24(23)27-25(31)18(3)4)12-14-30(15-13-26)22-11-10-19(5)28-29-22;3-2(4,5)1(6)7/h6-11,17-18H,12-16H2,1-5H3;(H,6,7). The van der Waals surface area contributed by atoms with E-state index in [1.807, 2.05) is 13.0 Å². The molecule has 0 amide bonds. The molecule has 5 rings (SSSR count). The van der Waals surface area contributed by atoms with Gasteiger partial charge in [-0.25, -0.2) is 9.78 Å². The van der Waals surface area contributed by atoms with Crippen molar-refractivity contribution in [2.75, 3.05) is 18.0 Å². The molecule has 1 fully saturated rings.